The summed E-state index contributed by atoms with van der Waals surface area (Å²) in [5, 5.41) is 19.0. The number of hydrogen-bond acceptors (Lipinski definition) is 3. The van der Waals surface area contributed by atoms with E-state index in [1.807, 2.05) is 30.3 Å². The molecule has 0 bridgehead atoms. The molecule has 5 nitrogen and oxygen atoms in total. The van der Waals surface area contributed by atoms with Crippen LogP contribution in [0.1, 0.15) is 25.3 Å². The fourth-order valence-electron chi connectivity index (χ4n) is 1.79. The lowest BCUT2D eigenvalue weighted by Gasteiger charge is -2.22. The van der Waals surface area contributed by atoms with Crippen molar-refractivity contribution in [1.82, 2.24) is 4.90 Å². The summed E-state index contributed by atoms with van der Waals surface area (Å²) < 4.78 is 5.30. The van der Waals surface area contributed by atoms with Crippen molar-refractivity contribution in [3.05, 3.63) is 35.9 Å². The highest BCUT2D eigenvalue weighted by molar-refractivity contribution is 5.65. The monoisotopic (exact) mass is 281 g/mol. The third-order valence-corrected chi connectivity index (χ3v) is 2.87. The highest BCUT2D eigenvalue weighted by Gasteiger charge is 2.17. The van der Waals surface area contributed by atoms with Crippen molar-refractivity contribution in [3.63, 3.8) is 0 Å². The van der Waals surface area contributed by atoms with Gasteiger partial charge < -0.3 is 19.8 Å². The lowest BCUT2D eigenvalue weighted by atomic mass is 10.2. The zero-order chi connectivity index (χ0) is 14.8. The van der Waals surface area contributed by atoms with Crippen LogP contribution in [-0.2, 0) is 11.3 Å². The third kappa shape index (κ3) is 6.54. The van der Waals surface area contributed by atoms with Gasteiger partial charge in [-0.05, 0) is 12.0 Å². The van der Waals surface area contributed by atoms with Crippen LogP contribution in [0.15, 0.2) is 30.3 Å². The molecular formula is C15H23NO4. The number of hydrogen-bond donors (Lipinski definition) is 2. The Morgan fingerprint density at radius 2 is 2.05 bits per heavy atom. The molecule has 0 heterocycles. The second-order valence-electron chi connectivity index (χ2n) is 4.73. The van der Waals surface area contributed by atoms with Crippen LogP contribution >= 0.6 is 0 Å². The van der Waals surface area contributed by atoms with Crippen molar-refractivity contribution in [2.45, 2.75) is 32.4 Å². The van der Waals surface area contributed by atoms with Crippen molar-refractivity contribution in [2.24, 2.45) is 0 Å². The average molecular weight is 281 g/mol. The first-order valence-corrected chi connectivity index (χ1v) is 6.91. The van der Waals surface area contributed by atoms with Gasteiger partial charge in [0.1, 0.15) is 0 Å². The van der Waals surface area contributed by atoms with E-state index in [9.17, 15) is 9.90 Å². The summed E-state index contributed by atoms with van der Waals surface area (Å²) in [5.74, 6) is 0. The zero-order valence-electron chi connectivity index (χ0n) is 11.9. The molecule has 112 valence electrons. The summed E-state index contributed by atoms with van der Waals surface area (Å²) in [5.41, 5.74) is 0.897. The summed E-state index contributed by atoms with van der Waals surface area (Å²) in [6.07, 6.45) is 0.137. The number of unbranched alkanes of at least 4 members (excludes halogenated alkanes) is 1. The smallest absolute Gasteiger partial charge is 0.407 e. The van der Waals surface area contributed by atoms with Gasteiger partial charge in [0.2, 0.25) is 0 Å². The van der Waals surface area contributed by atoms with Crippen molar-refractivity contribution >= 4 is 6.09 Å². The van der Waals surface area contributed by atoms with Gasteiger partial charge in [-0.2, -0.15) is 0 Å². The number of aliphatic hydroxyl groups excluding tert-OH is 1. The maximum atomic E-state index is 11.2. The second kappa shape index (κ2) is 9.34. The molecule has 1 amide bonds. The molecule has 0 aliphatic rings. The molecule has 0 aromatic heterocycles. The van der Waals surface area contributed by atoms with Gasteiger partial charge in [0.25, 0.3) is 0 Å². The Morgan fingerprint density at radius 3 is 2.65 bits per heavy atom. The molecule has 0 fully saturated rings. The Bertz CT molecular complexity index is 383. The first kappa shape index (κ1) is 16.5. The van der Waals surface area contributed by atoms with E-state index in [4.69, 9.17) is 9.84 Å². The number of amides is 1. The minimum atomic E-state index is -1.04. The summed E-state index contributed by atoms with van der Waals surface area (Å²) in [6.45, 7) is 3.14. The molecule has 1 unspecified atom stereocenters. The van der Waals surface area contributed by atoms with Gasteiger partial charge in [0.15, 0.2) is 0 Å². The van der Waals surface area contributed by atoms with Crippen molar-refractivity contribution in [2.75, 3.05) is 19.8 Å². The summed E-state index contributed by atoms with van der Waals surface area (Å²) in [6, 6.07) is 9.32. The topological polar surface area (TPSA) is 70.0 Å². The number of carbonyl (C=O) groups is 1. The zero-order valence-corrected chi connectivity index (χ0v) is 11.9. The van der Waals surface area contributed by atoms with E-state index in [-0.39, 0.29) is 19.7 Å². The van der Waals surface area contributed by atoms with Gasteiger partial charge >= 0.3 is 6.09 Å². The second-order valence-corrected chi connectivity index (χ2v) is 4.73. The van der Waals surface area contributed by atoms with Crippen molar-refractivity contribution in [1.29, 1.82) is 0 Å². The molecule has 0 saturated carbocycles. The van der Waals surface area contributed by atoms with Crippen molar-refractivity contribution < 1.29 is 19.7 Å². The average Bonchev–Trinajstić information content (AvgIpc) is 2.44. The number of ether oxygens (including phenoxy) is 1. The van der Waals surface area contributed by atoms with Crippen LogP contribution in [0.5, 0.6) is 0 Å². The highest BCUT2D eigenvalue weighted by atomic mass is 16.5. The summed E-state index contributed by atoms with van der Waals surface area (Å²) in [4.78, 5) is 12.4. The first-order valence-electron chi connectivity index (χ1n) is 6.91. The van der Waals surface area contributed by atoms with Gasteiger partial charge in [0.05, 0.1) is 19.3 Å². The Morgan fingerprint density at radius 1 is 1.35 bits per heavy atom. The van der Waals surface area contributed by atoms with Crippen LogP contribution in [0.25, 0.3) is 0 Å². The van der Waals surface area contributed by atoms with Gasteiger partial charge in [-0.1, -0.05) is 43.7 Å². The van der Waals surface area contributed by atoms with Crippen molar-refractivity contribution in [3.8, 4) is 0 Å². The van der Waals surface area contributed by atoms with Crippen LogP contribution in [0.4, 0.5) is 4.79 Å². The molecule has 1 rings (SSSR count). The molecule has 0 radical (unpaired) electrons. The Balaban J connectivity index is 2.40. The van der Waals surface area contributed by atoms with Crippen LogP contribution in [0, 0.1) is 0 Å². The fraction of sp³-hybridized carbons (Fsp3) is 0.533. The van der Waals surface area contributed by atoms with Gasteiger partial charge in [-0.25, -0.2) is 4.79 Å². The van der Waals surface area contributed by atoms with Gasteiger partial charge in [-0.15, -0.1) is 0 Å². The van der Waals surface area contributed by atoms with Gasteiger partial charge in [-0.3, -0.25) is 0 Å². The number of aliphatic hydroxyl groups is 1. The third-order valence-electron chi connectivity index (χ3n) is 2.87. The number of nitrogens with zero attached hydrogens (tertiary/aromatic N) is 1. The molecule has 5 heteroatoms. The molecule has 0 spiro atoms. The van der Waals surface area contributed by atoms with E-state index in [1.54, 1.807) is 0 Å². The quantitative estimate of drug-likeness (QED) is 0.682. The molecule has 2 N–H and O–H groups in total. The molecule has 1 aromatic rings. The predicted octanol–water partition coefficient (Wildman–Crippen LogP) is 2.34. The molecule has 1 atom stereocenters. The maximum Gasteiger partial charge on any atom is 0.407 e. The molecular weight excluding hydrogens is 258 g/mol. The number of rotatable bonds is 9. The molecule has 0 saturated heterocycles. The van der Waals surface area contributed by atoms with E-state index in [1.165, 1.54) is 4.90 Å². The highest BCUT2D eigenvalue weighted by Crippen LogP contribution is 2.06. The number of benzene rings is 1. The molecule has 1 aromatic carbocycles. The Labute approximate surface area is 119 Å². The van der Waals surface area contributed by atoms with Gasteiger partial charge in [0, 0.05) is 13.2 Å². The molecule has 20 heavy (non-hydrogen) atoms. The Hall–Kier alpha value is -1.59. The van der Waals surface area contributed by atoms with Crippen LogP contribution in [-0.4, -0.2) is 47.1 Å². The van der Waals surface area contributed by atoms with E-state index in [2.05, 4.69) is 6.92 Å². The van der Waals surface area contributed by atoms with Crippen LogP contribution < -0.4 is 0 Å². The van der Waals surface area contributed by atoms with E-state index < -0.39 is 12.2 Å². The normalized spacial score (nSPS) is 12.1. The lowest BCUT2D eigenvalue weighted by molar-refractivity contribution is 0.0161. The standard InChI is InChI=1S/C15H23NO4/c1-2-3-9-20-12-14(17)11-16(15(18)19)10-13-7-5-4-6-8-13/h4-8,14,17H,2-3,9-12H2,1H3,(H,18,19). The molecule has 0 aliphatic carbocycles. The number of carboxylic acid groups (broad SMARTS) is 1. The maximum absolute atomic E-state index is 11.2. The minimum Gasteiger partial charge on any atom is -0.465 e. The fourth-order valence-corrected chi connectivity index (χ4v) is 1.79. The summed E-state index contributed by atoms with van der Waals surface area (Å²) in [7, 11) is 0. The van der Waals surface area contributed by atoms with E-state index in [0.717, 1.165) is 18.4 Å². The van der Waals surface area contributed by atoms with E-state index in [0.29, 0.717) is 6.61 Å². The first-order chi connectivity index (χ1) is 9.63. The minimum absolute atomic E-state index is 0.0519. The summed E-state index contributed by atoms with van der Waals surface area (Å²) >= 11 is 0. The largest absolute Gasteiger partial charge is 0.465 e. The van der Waals surface area contributed by atoms with E-state index >= 15 is 0 Å². The Kier molecular flexibility index (Phi) is 7.69. The SMILES string of the molecule is CCCCOCC(O)CN(Cc1ccccc1)C(=O)O. The predicted molar refractivity (Wildman–Crippen MR) is 76.6 cm³/mol. The van der Waals surface area contributed by atoms with Crippen LogP contribution in [0.3, 0.4) is 0 Å². The molecule has 0 aliphatic heterocycles. The van der Waals surface area contributed by atoms with Crippen LogP contribution in [0.2, 0.25) is 0 Å². The lowest BCUT2D eigenvalue weighted by Crippen LogP contribution is -2.38.